The van der Waals surface area contributed by atoms with Crippen molar-refractivity contribution in [1.82, 2.24) is 0 Å². The lowest BCUT2D eigenvalue weighted by molar-refractivity contribution is -0.138. The molecular weight excluding hydrogens is 519 g/mol. The summed E-state index contributed by atoms with van der Waals surface area (Å²) in [5.74, 6) is -0.753. The van der Waals surface area contributed by atoms with Crippen LogP contribution in [0.15, 0.2) is 25.3 Å². The molecule has 0 aromatic carbocycles. The molecule has 0 aromatic heterocycles. The van der Waals surface area contributed by atoms with Crippen molar-refractivity contribution < 1.29 is 37.2 Å². The molecule has 0 aromatic rings. The number of carbonyl (C=O) groups excluding carboxylic acids is 2. The van der Waals surface area contributed by atoms with E-state index < -0.39 is 7.82 Å². The molecule has 0 rings (SSSR count). The zero-order chi connectivity index (χ0) is 28.9. The maximum absolute atomic E-state index is 13.2. The number of ether oxygens (including phenoxy) is 2. The fourth-order valence-electron chi connectivity index (χ4n) is 3.81. The summed E-state index contributed by atoms with van der Waals surface area (Å²) in [6, 6.07) is 0. The Kier molecular flexibility index (Phi) is 27.0. The quantitative estimate of drug-likeness (QED) is 0.0364. The first kappa shape index (κ1) is 37.5. The van der Waals surface area contributed by atoms with Crippen LogP contribution in [0.3, 0.4) is 0 Å². The van der Waals surface area contributed by atoms with Crippen molar-refractivity contribution in [3.63, 3.8) is 0 Å². The molecule has 0 aliphatic rings. The van der Waals surface area contributed by atoms with Gasteiger partial charge in [0.15, 0.2) is 0 Å². The predicted octanol–water partition coefficient (Wildman–Crippen LogP) is 8.64. The molecule has 0 N–H and O–H groups in total. The Morgan fingerprint density at radius 3 is 1.10 bits per heavy atom. The minimum absolute atomic E-state index is 0.348. The monoisotopic (exact) mass is 574 g/mol. The standard InChI is InChI=1S/C30H55O8P/c1-4-7-8-9-16-21-26-36-39(33,37-27-22-17-12-10-14-19-24-34-29(31)5-2)38-28-23-18-13-11-15-20-25-35-30(32)6-3/h5-6H,2-4,7-28H2,1H3. The number of phosphoric ester groups is 1. The minimum atomic E-state index is -3.56. The van der Waals surface area contributed by atoms with Crippen LogP contribution in [0.5, 0.6) is 0 Å². The van der Waals surface area contributed by atoms with Crippen LogP contribution in [0.2, 0.25) is 0 Å². The van der Waals surface area contributed by atoms with Crippen molar-refractivity contribution in [3.8, 4) is 0 Å². The second-order valence-corrected chi connectivity index (χ2v) is 11.4. The summed E-state index contributed by atoms with van der Waals surface area (Å²) < 4.78 is 40.1. The third kappa shape index (κ3) is 26.5. The van der Waals surface area contributed by atoms with Gasteiger partial charge in [-0.15, -0.1) is 0 Å². The summed E-state index contributed by atoms with van der Waals surface area (Å²) in [4.78, 5) is 22.0. The van der Waals surface area contributed by atoms with Crippen molar-refractivity contribution in [2.24, 2.45) is 0 Å². The number of hydrogen-bond donors (Lipinski definition) is 0. The first-order chi connectivity index (χ1) is 19.0. The molecule has 0 radical (unpaired) electrons. The van der Waals surface area contributed by atoms with Gasteiger partial charge in [-0.05, 0) is 32.1 Å². The van der Waals surface area contributed by atoms with Crippen molar-refractivity contribution in [3.05, 3.63) is 25.3 Å². The average Bonchev–Trinajstić information content (AvgIpc) is 2.94. The number of phosphoric acid groups is 1. The van der Waals surface area contributed by atoms with Crippen LogP contribution in [-0.4, -0.2) is 45.0 Å². The van der Waals surface area contributed by atoms with E-state index in [9.17, 15) is 14.2 Å². The highest BCUT2D eigenvalue weighted by Gasteiger charge is 2.26. The minimum Gasteiger partial charge on any atom is -0.463 e. The van der Waals surface area contributed by atoms with E-state index in [1.807, 2.05) is 0 Å². The lowest BCUT2D eigenvalue weighted by Gasteiger charge is -2.18. The van der Waals surface area contributed by atoms with E-state index in [4.69, 9.17) is 23.0 Å². The topological polar surface area (TPSA) is 97.4 Å². The van der Waals surface area contributed by atoms with Gasteiger partial charge in [0.1, 0.15) is 0 Å². The normalized spacial score (nSPS) is 11.3. The fourth-order valence-corrected chi connectivity index (χ4v) is 5.09. The van der Waals surface area contributed by atoms with Gasteiger partial charge in [0.05, 0.1) is 33.0 Å². The van der Waals surface area contributed by atoms with Crippen molar-refractivity contribution in [2.45, 2.75) is 122 Å². The zero-order valence-corrected chi connectivity index (χ0v) is 25.4. The lowest BCUT2D eigenvalue weighted by Crippen LogP contribution is -2.04. The molecule has 0 unspecified atom stereocenters. The molecule has 0 fully saturated rings. The molecule has 0 amide bonds. The third-order valence-corrected chi connectivity index (χ3v) is 7.64. The molecule has 0 atom stereocenters. The van der Waals surface area contributed by atoms with Crippen LogP contribution in [-0.2, 0) is 37.2 Å². The van der Waals surface area contributed by atoms with E-state index in [2.05, 4.69) is 20.1 Å². The molecule has 0 aliphatic carbocycles. The number of rotatable bonds is 30. The molecule has 9 heteroatoms. The fraction of sp³-hybridized carbons (Fsp3) is 0.800. The van der Waals surface area contributed by atoms with Crippen LogP contribution in [0.1, 0.15) is 122 Å². The van der Waals surface area contributed by atoms with E-state index >= 15 is 0 Å². The van der Waals surface area contributed by atoms with E-state index in [1.54, 1.807) is 0 Å². The first-order valence-electron chi connectivity index (χ1n) is 15.1. The highest BCUT2D eigenvalue weighted by molar-refractivity contribution is 7.48. The van der Waals surface area contributed by atoms with E-state index in [1.165, 1.54) is 31.4 Å². The highest BCUT2D eigenvalue weighted by atomic mass is 31.2. The average molecular weight is 575 g/mol. The Morgan fingerprint density at radius 2 is 0.795 bits per heavy atom. The first-order valence-corrected chi connectivity index (χ1v) is 16.6. The summed E-state index contributed by atoms with van der Waals surface area (Å²) in [6.45, 7) is 10.9. The molecule has 8 nitrogen and oxygen atoms in total. The van der Waals surface area contributed by atoms with Gasteiger partial charge < -0.3 is 9.47 Å². The molecule has 0 bridgehead atoms. The van der Waals surface area contributed by atoms with Gasteiger partial charge >= 0.3 is 19.8 Å². The Balaban J connectivity index is 4.09. The van der Waals surface area contributed by atoms with Crippen molar-refractivity contribution in [1.29, 1.82) is 0 Å². The molecule has 0 spiro atoms. The maximum Gasteiger partial charge on any atom is 0.474 e. The van der Waals surface area contributed by atoms with Gasteiger partial charge in [-0.3, -0.25) is 13.6 Å². The second-order valence-electron chi connectivity index (χ2n) is 9.70. The Hall–Kier alpha value is -1.47. The van der Waals surface area contributed by atoms with Crippen LogP contribution < -0.4 is 0 Å². The van der Waals surface area contributed by atoms with Crippen LogP contribution in [0.4, 0.5) is 0 Å². The van der Waals surface area contributed by atoms with E-state index in [0.717, 1.165) is 96.3 Å². The Bertz CT molecular complexity index is 623. The number of esters is 2. The summed E-state index contributed by atoms with van der Waals surface area (Å²) >= 11 is 0. The third-order valence-electron chi connectivity index (χ3n) is 6.15. The molecular formula is C30H55O8P. The highest BCUT2D eigenvalue weighted by Crippen LogP contribution is 2.50. The van der Waals surface area contributed by atoms with Gasteiger partial charge in [0.2, 0.25) is 0 Å². The SMILES string of the molecule is C=CC(=O)OCCCCCCCCOP(=O)(OCCCCCCCC)OCCCCCCCCOC(=O)C=C. The molecule has 0 saturated carbocycles. The lowest BCUT2D eigenvalue weighted by atomic mass is 10.1. The summed E-state index contributed by atoms with van der Waals surface area (Å²) in [7, 11) is -3.56. The number of unbranched alkanes of at least 4 members (excludes halogenated alkanes) is 15. The zero-order valence-electron chi connectivity index (χ0n) is 24.5. The molecule has 0 saturated heterocycles. The maximum atomic E-state index is 13.2. The van der Waals surface area contributed by atoms with Crippen molar-refractivity contribution in [2.75, 3.05) is 33.0 Å². The van der Waals surface area contributed by atoms with Gasteiger partial charge in [-0.1, -0.05) is 104 Å². The van der Waals surface area contributed by atoms with Crippen LogP contribution >= 0.6 is 7.82 Å². The summed E-state index contributed by atoms with van der Waals surface area (Å²) in [5.41, 5.74) is 0. The summed E-state index contributed by atoms with van der Waals surface area (Å²) in [6.07, 6.45) is 20.5. The Morgan fingerprint density at radius 1 is 0.513 bits per heavy atom. The molecule has 0 heterocycles. The number of hydrogen-bond acceptors (Lipinski definition) is 8. The van der Waals surface area contributed by atoms with E-state index in [0.29, 0.717) is 33.0 Å². The van der Waals surface area contributed by atoms with Gasteiger partial charge in [-0.25, -0.2) is 14.2 Å². The van der Waals surface area contributed by atoms with Crippen molar-refractivity contribution >= 4 is 19.8 Å². The van der Waals surface area contributed by atoms with Gasteiger partial charge in [0, 0.05) is 12.2 Å². The largest absolute Gasteiger partial charge is 0.474 e. The molecule has 228 valence electrons. The Labute approximate surface area is 237 Å². The smallest absolute Gasteiger partial charge is 0.463 e. The van der Waals surface area contributed by atoms with Gasteiger partial charge in [0.25, 0.3) is 0 Å². The second kappa shape index (κ2) is 28.1. The van der Waals surface area contributed by atoms with E-state index in [-0.39, 0.29) is 11.9 Å². The van der Waals surface area contributed by atoms with Crippen LogP contribution in [0.25, 0.3) is 0 Å². The molecule has 0 aliphatic heterocycles. The predicted molar refractivity (Wildman–Crippen MR) is 157 cm³/mol. The number of carbonyl (C=O) groups is 2. The van der Waals surface area contributed by atoms with Crippen LogP contribution in [0, 0.1) is 0 Å². The molecule has 39 heavy (non-hydrogen) atoms. The van der Waals surface area contributed by atoms with Gasteiger partial charge in [-0.2, -0.15) is 0 Å². The summed E-state index contributed by atoms with van der Waals surface area (Å²) in [5, 5.41) is 0.